The van der Waals surface area contributed by atoms with Crippen molar-refractivity contribution in [1.82, 2.24) is 0 Å². The number of nitrogens with zero attached hydrogens (tertiary/aromatic N) is 2. The van der Waals surface area contributed by atoms with Gasteiger partial charge in [0.05, 0.1) is 22.3 Å². The van der Waals surface area contributed by atoms with Crippen LogP contribution in [0.4, 0.5) is 15.8 Å². The van der Waals surface area contributed by atoms with Gasteiger partial charge in [0.1, 0.15) is 11.5 Å². The zero-order valence-electron chi connectivity index (χ0n) is 8.85. The van der Waals surface area contributed by atoms with Gasteiger partial charge in [0.15, 0.2) is 0 Å². The molecule has 0 aliphatic carbocycles. The molecule has 0 bridgehead atoms. The Balaban J connectivity index is 3.52. The van der Waals surface area contributed by atoms with Gasteiger partial charge in [-0.25, -0.2) is 12.8 Å². The van der Waals surface area contributed by atoms with Crippen molar-refractivity contribution >= 4 is 33.0 Å². The highest BCUT2D eigenvalue weighted by Crippen LogP contribution is 2.33. The second kappa shape index (κ2) is 4.46. The van der Waals surface area contributed by atoms with Crippen molar-refractivity contribution in [3.8, 4) is 0 Å². The number of sulfonamides is 1. The number of rotatable bonds is 3. The van der Waals surface area contributed by atoms with Crippen molar-refractivity contribution < 1.29 is 17.7 Å². The Morgan fingerprint density at radius 2 is 2.00 bits per heavy atom. The molecular weight excluding hydrogens is 275 g/mol. The quantitative estimate of drug-likeness (QED) is 0.625. The first kappa shape index (κ1) is 13.7. The molecule has 9 heteroatoms. The Labute approximate surface area is 102 Å². The summed E-state index contributed by atoms with van der Waals surface area (Å²) in [5.41, 5.74) is -0.955. The third kappa shape index (κ3) is 2.83. The summed E-state index contributed by atoms with van der Waals surface area (Å²) >= 11 is 5.47. The van der Waals surface area contributed by atoms with Gasteiger partial charge in [-0.15, -0.1) is 0 Å². The summed E-state index contributed by atoms with van der Waals surface area (Å²) in [6.45, 7) is 0. The van der Waals surface area contributed by atoms with Gasteiger partial charge >= 0.3 is 0 Å². The van der Waals surface area contributed by atoms with Gasteiger partial charge in [0.2, 0.25) is 10.0 Å². The molecule has 0 heterocycles. The summed E-state index contributed by atoms with van der Waals surface area (Å²) in [5.74, 6) is -0.982. The Hall–Kier alpha value is -1.41. The number of halogens is 2. The van der Waals surface area contributed by atoms with Crippen LogP contribution in [0.5, 0.6) is 0 Å². The van der Waals surface area contributed by atoms with Gasteiger partial charge in [-0.05, 0) is 6.07 Å². The van der Waals surface area contributed by atoms with Crippen LogP contribution >= 0.6 is 11.6 Å². The van der Waals surface area contributed by atoms with Crippen molar-refractivity contribution in [1.29, 1.82) is 0 Å². The summed E-state index contributed by atoms with van der Waals surface area (Å²) in [4.78, 5) is 9.81. The van der Waals surface area contributed by atoms with Crippen LogP contribution in [0.25, 0.3) is 0 Å². The fourth-order valence-electron chi connectivity index (χ4n) is 1.10. The van der Waals surface area contributed by atoms with Crippen LogP contribution < -0.4 is 4.31 Å². The monoisotopic (exact) mass is 282 g/mol. The molecule has 0 spiro atoms. The number of hydrogen-bond acceptors (Lipinski definition) is 4. The van der Waals surface area contributed by atoms with Crippen LogP contribution in [0.15, 0.2) is 12.1 Å². The van der Waals surface area contributed by atoms with Gasteiger partial charge in [-0.3, -0.25) is 14.4 Å². The molecule has 0 unspecified atom stereocenters. The predicted octanol–water partition coefficient (Wildman–Crippen LogP) is 1.78. The van der Waals surface area contributed by atoms with E-state index in [2.05, 4.69) is 0 Å². The summed E-state index contributed by atoms with van der Waals surface area (Å²) < 4.78 is 36.3. The van der Waals surface area contributed by atoms with E-state index in [4.69, 9.17) is 11.6 Å². The zero-order valence-corrected chi connectivity index (χ0v) is 10.4. The van der Waals surface area contributed by atoms with E-state index < -0.39 is 26.5 Å². The maximum absolute atomic E-state index is 13.1. The second-order valence-electron chi connectivity index (χ2n) is 3.24. The fourth-order valence-corrected chi connectivity index (χ4v) is 1.76. The van der Waals surface area contributed by atoms with Crippen molar-refractivity contribution in [2.24, 2.45) is 0 Å². The maximum atomic E-state index is 13.1. The molecule has 0 aliphatic rings. The number of benzene rings is 1. The molecule has 94 valence electrons. The average molecular weight is 283 g/mol. The van der Waals surface area contributed by atoms with E-state index in [0.29, 0.717) is 10.4 Å². The summed E-state index contributed by atoms with van der Waals surface area (Å²) in [6, 6.07) is 1.48. The summed E-state index contributed by atoms with van der Waals surface area (Å²) in [6.07, 6.45) is 0.869. The Kier molecular flexibility index (Phi) is 3.58. The van der Waals surface area contributed by atoms with Crippen LogP contribution in [0, 0.1) is 15.9 Å². The lowest BCUT2D eigenvalue weighted by Crippen LogP contribution is -2.25. The molecular formula is C8H8ClFN2O4S. The SMILES string of the molecule is CN(c1cc(Cl)c(F)cc1[N+](=O)[O-])S(C)(=O)=O. The highest BCUT2D eigenvalue weighted by Gasteiger charge is 2.24. The Morgan fingerprint density at radius 1 is 1.47 bits per heavy atom. The van der Waals surface area contributed by atoms with Crippen molar-refractivity contribution in [3.63, 3.8) is 0 Å². The molecule has 1 rings (SSSR count). The normalized spacial score (nSPS) is 11.3. The number of nitro benzene ring substituents is 1. The molecule has 0 atom stereocenters. The van der Waals surface area contributed by atoms with E-state index in [-0.39, 0.29) is 10.7 Å². The molecule has 0 fully saturated rings. The van der Waals surface area contributed by atoms with E-state index in [1.165, 1.54) is 0 Å². The zero-order chi connectivity index (χ0) is 13.4. The van der Waals surface area contributed by atoms with Crippen LogP contribution in [0.3, 0.4) is 0 Å². The summed E-state index contributed by atoms with van der Waals surface area (Å²) in [5, 5.41) is 10.3. The third-order valence-electron chi connectivity index (χ3n) is 2.05. The smallest absolute Gasteiger partial charge is 0.267 e. The van der Waals surface area contributed by atoms with Gasteiger partial charge in [-0.2, -0.15) is 0 Å². The minimum absolute atomic E-state index is 0.288. The molecule has 17 heavy (non-hydrogen) atoms. The molecule has 0 aromatic heterocycles. The minimum atomic E-state index is -3.69. The number of hydrogen-bond donors (Lipinski definition) is 0. The summed E-state index contributed by atoms with van der Waals surface area (Å²) in [7, 11) is -2.58. The van der Waals surface area contributed by atoms with Crippen molar-refractivity contribution in [2.45, 2.75) is 0 Å². The molecule has 6 nitrogen and oxygen atoms in total. The van der Waals surface area contributed by atoms with E-state index in [0.717, 1.165) is 19.4 Å². The topological polar surface area (TPSA) is 80.5 Å². The second-order valence-corrected chi connectivity index (χ2v) is 5.66. The van der Waals surface area contributed by atoms with Crippen LogP contribution in [0.2, 0.25) is 5.02 Å². The van der Waals surface area contributed by atoms with Gasteiger partial charge < -0.3 is 0 Å². The molecule has 0 saturated carbocycles. The minimum Gasteiger partial charge on any atom is -0.267 e. The molecule has 0 aliphatic heterocycles. The number of nitro groups is 1. The lowest BCUT2D eigenvalue weighted by atomic mass is 10.2. The lowest BCUT2D eigenvalue weighted by Gasteiger charge is -2.16. The standard InChI is InChI=1S/C8H8ClFN2O4S/c1-11(17(2,15)16)7-3-5(9)6(10)4-8(7)12(13)14/h3-4H,1-2H3. The van der Waals surface area contributed by atoms with Crippen LogP contribution in [-0.2, 0) is 10.0 Å². The molecule has 0 N–H and O–H groups in total. The largest absolute Gasteiger partial charge is 0.296 e. The third-order valence-corrected chi connectivity index (χ3v) is 3.53. The molecule has 1 aromatic rings. The van der Waals surface area contributed by atoms with Gasteiger partial charge in [0.25, 0.3) is 5.69 Å². The highest BCUT2D eigenvalue weighted by molar-refractivity contribution is 7.92. The maximum Gasteiger partial charge on any atom is 0.296 e. The van der Waals surface area contributed by atoms with E-state index >= 15 is 0 Å². The Bertz CT molecular complexity index is 575. The highest BCUT2D eigenvalue weighted by atomic mass is 35.5. The van der Waals surface area contributed by atoms with Crippen molar-refractivity contribution in [2.75, 3.05) is 17.6 Å². The predicted molar refractivity (Wildman–Crippen MR) is 61.3 cm³/mol. The molecule has 0 amide bonds. The lowest BCUT2D eigenvalue weighted by molar-refractivity contribution is -0.384. The van der Waals surface area contributed by atoms with E-state index in [1.54, 1.807) is 0 Å². The van der Waals surface area contributed by atoms with Gasteiger partial charge in [-0.1, -0.05) is 11.6 Å². The first-order valence-electron chi connectivity index (χ1n) is 4.22. The van der Waals surface area contributed by atoms with Crippen LogP contribution in [0.1, 0.15) is 0 Å². The van der Waals surface area contributed by atoms with Crippen molar-refractivity contribution in [3.05, 3.63) is 33.1 Å². The molecule has 0 saturated heterocycles. The average Bonchev–Trinajstić information content (AvgIpc) is 2.18. The van der Waals surface area contributed by atoms with E-state index in [1.807, 2.05) is 0 Å². The first-order chi connectivity index (χ1) is 7.64. The fraction of sp³-hybridized carbons (Fsp3) is 0.250. The Morgan fingerprint density at radius 3 is 2.41 bits per heavy atom. The van der Waals surface area contributed by atoms with Crippen LogP contribution in [-0.4, -0.2) is 26.6 Å². The molecule has 1 aromatic carbocycles. The first-order valence-corrected chi connectivity index (χ1v) is 6.44. The van der Waals surface area contributed by atoms with Gasteiger partial charge in [0, 0.05) is 7.05 Å². The number of anilines is 1. The van der Waals surface area contributed by atoms with E-state index in [9.17, 15) is 22.9 Å². The molecule has 0 radical (unpaired) electrons.